The van der Waals surface area contributed by atoms with Crippen LogP contribution >= 0.6 is 0 Å². The molecule has 0 aromatic heterocycles. The van der Waals surface area contributed by atoms with Gasteiger partial charge in [-0.05, 0) is 17.7 Å². The Morgan fingerprint density at radius 1 is 1.17 bits per heavy atom. The first-order chi connectivity index (χ1) is 8.45. The molecule has 1 rings (SSSR count). The molecule has 0 atom stereocenters. The average molecular weight is 272 g/mol. The maximum atomic E-state index is 11.8. The average Bonchev–Trinajstić information content (AvgIpc) is 2.34. The first-order valence-electron chi connectivity index (χ1n) is 5.27. The Labute approximate surface area is 106 Å². The van der Waals surface area contributed by atoms with Crippen LogP contribution in [-0.2, 0) is 16.6 Å². The summed E-state index contributed by atoms with van der Waals surface area (Å²) in [6.45, 7) is 0.565. The summed E-state index contributed by atoms with van der Waals surface area (Å²) in [7, 11) is -3.57. The number of hydrogen-bond acceptors (Lipinski definition) is 4. The van der Waals surface area contributed by atoms with Gasteiger partial charge in [0.25, 0.3) is 0 Å². The van der Waals surface area contributed by atoms with E-state index in [0.29, 0.717) is 6.54 Å². The van der Waals surface area contributed by atoms with Gasteiger partial charge in [0.05, 0.1) is 4.90 Å². The fraction of sp³-hybridized carbons (Fsp3) is 0.300. The largest absolute Gasteiger partial charge is 0.352 e. The number of hydrogen-bond donors (Lipinski definition) is 4. The van der Waals surface area contributed by atoms with Gasteiger partial charge < -0.3 is 16.8 Å². The summed E-state index contributed by atoms with van der Waals surface area (Å²) in [5.74, 6) is 0. The van der Waals surface area contributed by atoms with E-state index in [-0.39, 0.29) is 18.0 Å². The number of nitrogens with one attached hydrogen (secondary N) is 2. The van der Waals surface area contributed by atoms with Crippen LogP contribution < -0.4 is 21.5 Å². The Balaban J connectivity index is 2.59. The molecule has 1 aromatic rings. The van der Waals surface area contributed by atoms with Crippen molar-refractivity contribution in [1.82, 2.24) is 10.0 Å². The molecule has 7 nitrogen and oxygen atoms in total. The van der Waals surface area contributed by atoms with Crippen molar-refractivity contribution >= 4 is 16.1 Å². The number of sulfonamides is 1. The van der Waals surface area contributed by atoms with E-state index in [2.05, 4.69) is 10.0 Å². The first-order valence-corrected chi connectivity index (χ1v) is 6.76. The number of carbonyl (C=O) groups is 1. The van der Waals surface area contributed by atoms with E-state index in [4.69, 9.17) is 11.5 Å². The molecule has 0 saturated carbocycles. The highest BCUT2D eigenvalue weighted by Crippen LogP contribution is 2.09. The molecule has 0 heterocycles. The van der Waals surface area contributed by atoms with Gasteiger partial charge in [0.15, 0.2) is 0 Å². The highest BCUT2D eigenvalue weighted by Gasteiger charge is 2.12. The van der Waals surface area contributed by atoms with Crippen molar-refractivity contribution in [3.05, 3.63) is 29.8 Å². The topological polar surface area (TPSA) is 127 Å². The second-order valence-corrected chi connectivity index (χ2v) is 5.30. The van der Waals surface area contributed by atoms with Crippen molar-refractivity contribution < 1.29 is 13.2 Å². The number of urea groups is 1. The molecule has 0 saturated heterocycles. The minimum absolute atomic E-state index is 0.0733. The molecule has 0 aliphatic heterocycles. The molecule has 1 aromatic carbocycles. The van der Waals surface area contributed by atoms with Crippen LogP contribution in [0.1, 0.15) is 5.56 Å². The van der Waals surface area contributed by atoms with Crippen LogP contribution in [0.4, 0.5) is 4.79 Å². The monoisotopic (exact) mass is 272 g/mol. The maximum Gasteiger partial charge on any atom is 0.312 e. The quantitative estimate of drug-likeness (QED) is 0.500. The normalized spacial score (nSPS) is 11.2. The van der Waals surface area contributed by atoms with Gasteiger partial charge in [0.1, 0.15) is 0 Å². The fourth-order valence-corrected chi connectivity index (χ4v) is 2.29. The third kappa shape index (κ3) is 4.32. The van der Waals surface area contributed by atoms with E-state index < -0.39 is 16.1 Å². The third-order valence-electron chi connectivity index (χ3n) is 2.19. The summed E-state index contributed by atoms with van der Waals surface area (Å²) < 4.78 is 25.9. The summed E-state index contributed by atoms with van der Waals surface area (Å²) in [5, 5.41) is 2.28. The van der Waals surface area contributed by atoms with E-state index in [1.54, 1.807) is 12.1 Å². The summed E-state index contributed by atoms with van der Waals surface area (Å²) in [5.41, 5.74) is 11.1. The van der Waals surface area contributed by atoms with Crippen molar-refractivity contribution in [3.63, 3.8) is 0 Å². The molecule has 2 amide bonds. The van der Waals surface area contributed by atoms with Crippen molar-refractivity contribution in [2.75, 3.05) is 13.1 Å². The SMILES string of the molecule is NCc1ccc(S(=O)(=O)NCCNC(N)=O)cc1. The second kappa shape index (κ2) is 6.34. The van der Waals surface area contributed by atoms with Crippen LogP contribution in [0.25, 0.3) is 0 Å². The highest BCUT2D eigenvalue weighted by atomic mass is 32.2. The molecule has 0 radical (unpaired) electrons. The van der Waals surface area contributed by atoms with Crippen LogP contribution in [0.3, 0.4) is 0 Å². The van der Waals surface area contributed by atoms with Gasteiger partial charge in [-0.1, -0.05) is 12.1 Å². The van der Waals surface area contributed by atoms with Crippen molar-refractivity contribution in [2.45, 2.75) is 11.4 Å². The lowest BCUT2D eigenvalue weighted by molar-refractivity contribution is 0.249. The molecule has 0 bridgehead atoms. The summed E-state index contributed by atoms with van der Waals surface area (Å²) >= 11 is 0. The molecular weight excluding hydrogens is 256 g/mol. The van der Waals surface area contributed by atoms with Crippen molar-refractivity contribution in [3.8, 4) is 0 Å². The third-order valence-corrected chi connectivity index (χ3v) is 3.66. The highest BCUT2D eigenvalue weighted by molar-refractivity contribution is 7.89. The number of amides is 2. The molecule has 0 aliphatic carbocycles. The molecule has 0 unspecified atom stereocenters. The minimum Gasteiger partial charge on any atom is -0.352 e. The smallest absolute Gasteiger partial charge is 0.312 e. The molecule has 8 heteroatoms. The van der Waals surface area contributed by atoms with Gasteiger partial charge in [0, 0.05) is 19.6 Å². The first kappa shape index (κ1) is 14.4. The van der Waals surface area contributed by atoms with E-state index in [0.717, 1.165) is 5.56 Å². The molecular formula is C10H16N4O3S. The number of benzene rings is 1. The predicted octanol–water partition coefficient (Wildman–Crippen LogP) is -0.908. The van der Waals surface area contributed by atoms with Crippen LogP contribution in [0.15, 0.2) is 29.2 Å². The molecule has 0 fully saturated rings. The van der Waals surface area contributed by atoms with Crippen molar-refractivity contribution in [1.29, 1.82) is 0 Å². The predicted molar refractivity (Wildman–Crippen MR) is 67.1 cm³/mol. The zero-order valence-electron chi connectivity index (χ0n) is 9.72. The Morgan fingerprint density at radius 3 is 2.28 bits per heavy atom. The van der Waals surface area contributed by atoms with Gasteiger partial charge in [-0.25, -0.2) is 17.9 Å². The van der Waals surface area contributed by atoms with Gasteiger partial charge >= 0.3 is 6.03 Å². The second-order valence-electron chi connectivity index (χ2n) is 3.54. The van der Waals surface area contributed by atoms with Gasteiger partial charge in [-0.2, -0.15) is 0 Å². The molecule has 100 valence electrons. The molecule has 18 heavy (non-hydrogen) atoms. The van der Waals surface area contributed by atoms with Gasteiger partial charge in [-0.3, -0.25) is 0 Å². The minimum atomic E-state index is -3.57. The zero-order chi connectivity index (χ0) is 13.6. The zero-order valence-corrected chi connectivity index (χ0v) is 10.5. The van der Waals surface area contributed by atoms with Gasteiger partial charge in [-0.15, -0.1) is 0 Å². The van der Waals surface area contributed by atoms with E-state index in [9.17, 15) is 13.2 Å². The van der Waals surface area contributed by atoms with Gasteiger partial charge in [0.2, 0.25) is 10.0 Å². The molecule has 0 aliphatic rings. The Morgan fingerprint density at radius 2 is 1.78 bits per heavy atom. The fourth-order valence-electron chi connectivity index (χ4n) is 1.26. The van der Waals surface area contributed by atoms with Crippen LogP contribution in [-0.4, -0.2) is 27.5 Å². The standard InChI is InChI=1S/C10H16N4O3S/c11-7-8-1-3-9(4-2-8)18(16,17)14-6-5-13-10(12)15/h1-4,14H,5-7,11H2,(H3,12,13,15). The summed E-state index contributed by atoms with van der Waals surface area (Å²) in [6, 6.07) is 5.56. The van der Waals surface area contributed by atoms with Crippen LogP contribution in [0.2, 0.25) is 0 Å². The maximum absolute atomic E-state index is 11.8. The van der Waals surface area contributed by atoms with E-state index >= 15 is 0 Å². The summed E-state index contributed by atoms with van der Waals surface area (Å²) in [4.78, 5) is 10.5. The Bertz CT molecular complexity index is 498. The molecule has 0 spiro atoms. The number of rotatable bonds is 6. The van der Waals surface area contributed by atoms with Crippen LogP contribution in [0, 0.1) is 0 Å². The van der Waals surface area contributed by atoms with E-state index in [1.165, 1.54) is 12.1 Å². The molecule has 6 N–H and O–H groups in total. The summed E-state index contributed by atoms with van der Waals surface area (Å²) in [6.07, 6.45) is 0. The van der Waals surface area contributed by atoms with Crippen molar-refractivity contribution in [2.24, 2.45) is 11.5 Å². The lowest BCUT2D eigenvalue weighted by atomic mass is 10.2. The number of primary amides is 1. The lowest BCUT2D eigenvalue weighted by Gasteiger charge is -2.07. The Hall–Kier alpha value is -1.64. The lowest BCUT2D eigenvalue weighted by Crippen LogP contribution is -2.37. The number of carbonyl (C=O) groups excluding carboxylic acids is 1. The van der Waals surface area contributed by atoms with E-state index in [1.807, 2.05) is 0 Å². The number of nitrogens with two attached hydrogens (primary N) is 2. The Kier molecular flexibility index (Phi) is 5.08. The van der Waals surface area contributed by atoms with Crippen LogP contribution in [0.5, 0.6) is 0 Å².